The molecule has 2 aromatic rings. The van der Waals surface area contributed by atoms with Crippen molar-refractivity contribution >= 4 is 37.3 Å². The highest BCUT2D eigenvalue weighted by Gasteiger charge is 2.41. The Morgan fingerprint density at radius 1 is 0.906 bits per heavy atom. The minimum atomic E-state index is -3.79. The van der Waals surface area contributed by atoms with E-state index in [4.69, 9.17) is 0 Å². The van der Waals surface area contributed by atoms with Gasteiger partial charge >= 0.3 is 0 Å². The zero-order valence-electron chi connectivity index (χ0n) is 17.9. The summed E-state index contributed by atoms with van der Waals surface area (Å²) in [6.07, 6.45) is 1.96. The highest BCUT2D eigenvalue weighted by atomic mass is 32.2. The number of thiophene rings is 1. The third-order valence-electron chi connectivity index (χ3n) is 6.01. The summed E-state index contributed by atoms with van der Waals surface area (Å²) < 4.78 is 55.0. The summed E-state index contributed by atoms with van der Waals surface area (Å²) in [5, 5.41) is 1.72. The molecular formula is C21H27N3O5S3. The van der Waals surface area contributed by atoms with Crippen LogP contribution in [0.25, 0.3) is 0 Å². The average molecular weight is 498 g/mol. The SMILES string of the molecule is Cc1ccc(S(=O)(=O)N2CCCC[C@H]2C(=O)N2CCN(S(=O)(=O)c3cccs3)CC2)cc1. The van der Waals surface area contributed by atoms with Gasteiger partial charge in [0, 0.05) is 32.7 Å². The van der Waals surface area contributed by atoms with Gasteiger partial charge in [0.25, 0.3) is 10.0 Å². The van der Waals surface area contributed by atoms with Crippen LogP contribution < -0.4 is 0 Å². The summed E-state index contributed by atoms with van der Waals surface area (Å²) in [5.74, 6) is -0.242. The third kappa shape index (κ3) is 4.49. The van der Waals surface area contributed by atoms with Crippen LogP contribution in [0.15, 0.2) is 50.9 Å². The second kappa shape index (κ2) is 9.22. The van der Waals surface area contributed by atoms with Crippen LogP contribution in [0.5, 0.6) is 0 Å². The van der Waals surface area contributed by atoms with Crippen LogP contribution in [0.1, 0.15) is 24.8 Å². The number of piperidine rings is 1. The van der Waals surface area contributed by atoms with Crippen LogP contribution in [-0.4, -0.2) is 75.0 Å². The number of benzene rings is 1. The molecule has 1 aromatic heterocycles. The molecule has 2 aliphatic heterocycles. The van der Waals surface area contributed by atoms with Crippen LogP contribution in [-0.2, 0) is 24.8 Å². The van der Waals surface area contributed by atoms with E-state index in [2.05, 4.69) is 0 Å². The fraction of sp³-hybridized carbons (Fsp3) is 0.476. The molecule has 1 aromatic carbocycles. The van der Waals surface area contributed by atoms with Gasteiger partial charge in [-0.1, -0.05) is 30.2 Å². The van der Waals surface area contributed by atoms with Crippen LogP contribution in [0.4, 0.5) is 0 Å². The van der Waals surface area contributed by atoms with E-state index in [0.29, 0.717) is 23.6 Å². The van der Waals surface area contributed by atoms with Gasteiger partial charge in [-0.2, -0.15) is 8.61 Å². The summed E-state index contributed by atoms with van der Waals surface area (Å²) in [6.45, 7) is 3.09. The summed E-state index contributed by atoms with van der Waals surface area (Å²) >= 11 is 1.17. The largest absolute Gasteiger partial charge is 0.339 e. The van der Waals surface area contributed by atoms with Crippen LogP contribution >= 0.6 is 11.3 Å². The monoisotopic (exact) mass is 497 g/mol. The van der Waals surface area contributed by atoms with Gasteiger partial charge in [-0.15, -0.1) is 11.3 Å². The standard InChI is InChI=1S/C21H27N3O5S3/c1-17-7-9-18(10-8-17)31(26,27)24-11-3-2-5-19(24)21(25)22-12-14-23(15-13-22)32(28,29)20-6-4-16-30-20/h4,6-10,16,19H,2-3,5,11-15H2,1H3/t19-/m0/s1. The van der Waals surface area contributed by atoms with Crippen molar-refractivity contribution in [2.24, 2.45) is 0 Å². The predicted molar refractivity (Wildman–Crippen MR) is 122 cm³/mol. The zero-order valence-corrected chi connectivity index (χ0v) is 20.3. The molecular weight excluding hydrogens is 470 g/mol. The van der Waals surface area contributed by atoms with E-state index in [9.17, 15) is 21.6 Å². The Balaban J connectivity index is 1.48. The number of sulfonamides is 2. The Morgan fingerprint density at radius 3 is 2.22 bits per heavy atom. The Hall–Kier alpha value is -1.79. The Kier molecular flexibility index (Phi) is 6.73. The van der Waals surface area contributed by atoms with E-state index in [0.717, 1.165) is 12.0 Å². The van der Waals surface area contributed by atoms with Gasteiger partial charge in [0.1, 0.15) is 10.3 Å². The molecule has 8 nitrogen and oxygen atoms in total. The van der Waals surface area contributed by atoms with E-state index in [1.54, 1.807) is 46.7 Å². The number of nitrogens with zero attached hydrogens (tertiary/aromatic N) is 3. The Bertz CT molecular complexity index is 1150. The molecule has 2 aliphatic rings. The fourth-order valence-corrected chi connectivity index (χ4v) is 8.40. The number of aryl methyl sites for hydroxylation is 1. The van der Waals surface area contributed by atoms with Crippen molar-refractivity contribution in [3.05, 3.63) is 47.3 Å². The minimum Gasteiger partial charge on any atom is -0.339 e. The van der Waals surface area contributed by atoms with Gasteiger partial charge in [0.05, 0.1) is 4.90 Å². The molecule has 0 bridgehead atoms. The Morgan fingerprint density at radius 2 is 1.59 bits per heavy atom. The lowest BCUT2D eigenvalue weighted by molar-refractivity contribution is -0.137. The molecule has 2 fully saturated rings. The minimum absolute atomic E-state index is 0.190. The van der Waals surface area contributed by atoms with Crippen LogP contribution in [0, 0.1) is 6.92 Å². The van der Waals surface area contributed by atoms with Crippen molar-refractivity contribution in [2.75, 3.05) is 32.7 Å². The summed E-state index contributed by atoms with van der Waals surface area (Å²) in [4.78, 5) is 15.1. The first-order valence-electron chi connectivity index (χ1n) is 10.6. The molecule has 3 heterocycles. The topological polar surface area (TPSA) is 95.1 Å². The lowest BCUT2D eigenvalue weighted by Gasteiger charge is -2.39. The molecule has 0 N–H and O–H groups in total. The van der Waals surface area contributed by atoms with E-state index >= 15 is 0 Å². The summed E-state index contributed by atoms with van der Waals surface area (Å²) in [6, 6.07) is 9.18. The van der Waals surface area contributed by atoms with E-state index < -0.39 is 26.1 Å². The number of carbonyl (C=O) groups is 1. The van der Waals surface area contributed by atoms with Gasteiger partial charge in [-0.3, -0.25) is 4.79 Å². The number of piperazine rings is 1. The van der Waals surface area contributed by atoms with Gasteiger partial charge in [0.2, 0.25) is 15.9 Å². The Labute approximate surface area is 193 Å². The maximum absolute atomic E-state index is 13.3. The molecule has 11 heteroatoms. The van der Waals surface area contributed by atoms with Crippen molar-refractivity contribution in [2.45, 2.75) is 41.3 Å². The molecule has 1 amide bonds. The van der Waals surface area contributed by atoms with Crippen LogP contribution in [0.3, 0.4) is 0 Å². The predicted octanol–water partition coefficient (Wildman–Crippen LogP) is 2.13. The van der Waals surface area contributed by atoms with Gasteiger partial charge in [-0.05, 0) is 43.3 Å². The van der Waals surface area contributed by atoms with Crippen molar-refractivity contribution in [1.29, 1.82) is 0 Å². The smallest absolute Gasteiger partial charge is 0.252 e. The number of amides is 1. The molecule has 32 heavy (non-hydrogen) atoms. The maximum atomic E-state index is 13.3. The normalized spacial score (nSPS) is 21.5. The highest BCUT2D eigenvalue weighted by Crippen LogP contribution is 2.28. The van der Waals surface area contributed by atoms with Crippen molar-refractivity contribution in [3.8, 4) is 0 Å². The molecule has 0 radical (unpaired) electrons. The second-order valence-electron chi connectivity index (χ2n) is 8.10. The van der Waals surface area contributed by atoms with Gasteiger partial charge < -0.3 is 4.90 Å². The van der Waals surface area contributed by atoms with Gasteiger partial charge in [0.15, 0.2) is 0 Å². The molecule has 0 saturated carbocycles. The number of rotatable bonds is 5. The van der Waals surface area contributed by atoms with E-state index in [1.165, 1.54) is 19.9 Å². The quantitative estimate of drug-likeness (QED) is 0.631. The zero-order chi connectivity index (χ0) is 22.9. The molecule has 0 spiro atoms. The molecule has 0 unspecified atom stereocenters. The number of hydrogen-bond acceptors (Lipinski definition) is 6. The maximum Gasteiger partial charge on any atom is 0.252 e. The first kappa shape index (κ1) is 23.4. The second-order valence-corrected chi connectivity index (χ2v) is 13.1. The van der Waals surface area contributed by atoms with Crippen LogP contribution in [0.2, 0.25) is 0 Å². The fourth-order valence-electron chi connectivity index (χ4n) is 4.18. The molecule has 1 atom stereocenters. The molecule has 4 rings (SSSR count). The lowest BCUT2D eigenvalue weighted by atomic mass is 10.0. The van der Waals surface area contributed by atoms with E-state index in [1.807, 2.05) is 6.92 Å². The first-order chi connectivity index (χ1) is 15.2. The van der Waals surface area contributed by atoms with Crippen molar-refractivity contribution < 1.29 is 21.6 Å². The summed E-state index contributed by atoms with van der Waals surface area (Å²) in [5.41, 5.74) is 0.964. The first-order valence-corrected chi connectivity index (χ1v) is 14.4. The average Bonchev–Trinajstić information content (AvgIpc) is 3.35. The van der Waals surface area contributed by atoms with E-state index in [-0.39, 0.29) is 37.0 Å². The highest BCUT2D eigenvalue weighted by molar-refractivity contribution is 7.91. The third-order valence-corrected chi connectivity index (χ3v) is 11.2. The van der Waals surface area contributed by atoms with Gasteiger partial charge in [-0.25, -0.2) is 16.8 Å². The van der Waals surface area contributed by atoms with Crippen molar-refractivity contribution in [1.82, 2.24) is 13.5 Å². The summed E-state index contributed by atoms with van der Waals surface area (Å²) in [7, 11) is -7.35. The number of carbonyl (C=O) groups excluding carboxylic acids is 1. The molecule has 174 valence electrons. The molecule has 0 aliphatic carbocycles. The van der Waals surface area contributed by atoms with Crippen molar-refractivity contribution in [3.63, 3.8) is 0 Å². The lowest BCUT2D eigenvalue weighted by Crippen LogP contribution is -2.57. The molecule has 2 saturated heterocycles. The number of hydrogen-bond donors (Lipinski definition) is 0.